The summed E-state index contributed by atoms with van der Waals surface area (Å²) in [5.41, 5.74) is 7.91. The Bertz CT molecular complexity index is 699. The Hall–Kier alpha value is -2.50. The van der Waals surface area contributed by atoms with E-state index in [1.807, 2.05) is 19.1 Å². The zero-order valence-electron chi connectivity index (χ0n) is 12.5. The Morgan fingerprint density at radius 3 is 2.91 bits per heavy atom. The van der Waals surface area contributed by atoms with Crippen LogP contribution in [0.2, 0.25) is 0 Å². The van der Waals surface area contributed by atoms with Crippen LogP contribution in [0, 0.1) is 6.92 Å². The van der Waals surface area contributed by atoms with Gasteiger partial charge in [-0.25, -0.2) is 4.98 Å². The minimum Gasteiger partial charge on any atom is -0.454 e. The monoisotopic (exact) mass is 298 g/mol. The second-order valence-electron chi connectivity index (χ2n) is 5.69. The van der Waals surface area contributed by atoms with E-state index >= 15 is 0 Å². The van der Waals surface area contributed by atoms with Gasteiger partial charge in [-0.1, -0.05) is 6.07 Å². The van der Waals surface area contributed by atoms with Crippen molar-refractivity contribution in [2.24, 2.45) is 0 Å². The van der Waals surface area contributed by atoms with Crippen molar-refractivity contribution >= 4 is 11.8 Å². The molecule has 0 unspecified atom stereocenters. The lowest BCUT2D eigenvalue weighted by Gasteiger charge is -2.26. The number of benzene rings is 1. The molecule has 114 valence electrons. The third-order valence-corrected chi connectivity index (χ3v) is 4.19. The molecule has 6 nitrogen and oxygen atoms in total. The van der Waals surface area contributed by atoms with Crippen molar-refractivity contribution in [3.8, 4) is 11.5 Å². The minimum absolute atomic E-state index is 0.281. The molecular weight excluding hydrogens is 280 g/mol. The van der Waals surface area contributed by atoms with E-state index in [1.165, 1.54) is 5.56 Å². The number of ether oxygens (including phenoxy) is 2. The first-order valence-corrected chi connectivity index (χ1v) is 7.48. The number of nitrogens with two attached hydrogens (primary N) is 1. The first-order valence-electron chi connectivity index (χ1n) is 7.48. The van der Waals surface area contributed by atoms with Gasteiger partial charge >= 0.3 is 0 Å². The van der Waals surface area contributed by atoms with Crippen molar-refractivity contribution in [1.82, 2.24) is 9.97 Å². The highest BCUT2D eigenvalue weighted by Crippen LogP contribution is 2.40. The first kappa shape index (κ1) is 13.2. The average molecular weight is 298 g/mol. The van der Waals surface area contributed by atoms with Crippen LogP contribution in [0.1, 0.15) is 30.1 Å². The summed E-state index contributed by atoms with van der Waals surface area (Å²) in [6.45, 7) is 3.21. The highest BCUT2D eigenvalue weighted by Gasteiger charge is 2.29. The molecule has 4 rings (SSSR count). The number of aryl methyl sites for hydroxylation is 1. The van der Waals surface area contributed by atoms with E-state index in [2.05, 4.69) is 27.0 Å². The molecule has 1 atom stereocenters. The summed E-state index contributed by atoms with van der Waals surface area (Å²) in [5, 5.41) is 0. The fourth-order valence-corrected chi connectivity index (χ4v) is 3.23. The molecule has 0 spiro atoms. The smallest absolute Gasteiger partial charge is 0.231 e. The van der Waals surface area contributed by atoms with Gasteiger partial charge in [-0.05, 0) is 37.5 Å². The van der Waals surface area contributed by atoms with Crippen LogP contribution in [0.25, 0.3) is 0 Å². The zero-order valence-corrected chi connectivity index (χ0v) is 12.5. The van der Waals surface area contributed by atoms with E-state index in [0.29, 0.717) is 12.7 Å². The molecule has 0 amide bonds. The summed E-state index contributed by atoms with van der Waals surface area (Å²) in [6.07, 6.45) is 2.21. The number of aromatic nitrogens is 2. The van der Waals surface area contributed by atoms with Crippen molar-refractivity contribution in [3.63, 3.8) is 0 Å². The predicted molar refractivity (Wildman–Crippen MR) is 83.1 cm³/mol. The lowest BCUT2D eigenvalue weighted by molar-refractivity contribution is 0.174. The highest BCUT2D eigenvalue weighted by molar-refractivity contribution is 5.51. The third-order valence-electron chi connectivity index (χ3n) is 4.19. The van der Waals surface area contributed by atoms with Gasteiger partial charge in [0.1, 0.15) is 5.82 Å². The van der Waals surface area contributed by atoms with Gasteiger partial charge in [-0.2, -0.15) is 4.98 Å². The number of anilines is 2. The normalized spacial score (nSPS) is 19.7. The summed E-state index contributed by atoms with van der Waals surface area (Å²) in [5.74, 6) is 2.86. The number of fused-ring (bicyclic) bond motifs is 1. The van der Waals surface area contributed by atoms with Crippen molar-refractivity contribution in [1.29, 1.82) is 0 Å². The predicted octanol–water partition coefficient (Wildman–Crippen LogP) is 2.44. The van der Waals surface area contributed by atoms with Crippen LogP contribution in [0.5, 0.6) is 11.5 Å². The maximum absolute atomic E-state index is 5.80. The standard InChI is InChI=1S/C16H18N4O2/c1-10-7-15(19-16(17)18-10)20-6-2-3-12(20)11-4-5-13-14(8-11)22-9-21-13/h4-5,7-8,12H,2-3,6,9H2,1H3,(H2,17,18,19)/t12-/m0/s1. The summed E-state index contributed by atoms with van der Waals surface area (Å²) in [7, 11) is 0. The minimum atomic E-state index is 0.281. The highest BCUT2D eigenvalue weighted by atomic mass is 16.7. The van der Waals surface area contributed by atoms with E-state index < -0.39 is 0 Å². The topological polar surface area (TPSA) is 73.5 Å². The average Bonchev–Trinajstić information content (AvgIpc) is 3.14. The fraction of sp³-hybridized carbons (Fsp3) is 0.375. The molecule has 0 saturated carbocycles. The maximum atomic E-state index is 5.80. The molecule has 0 bridgehead atoms. The molecule has 3 heterocycles. The van der Waals surface area contributed by atoms with Gasteiger partial charge in [-0.15, -0.1) is 0 Å². The molecule has 0 radical (unpaired) electrons. The molecule has 22 heavy (non-hydrogen) atoms. The summed E-state index contributed by atoms with van der Waals surface area (Å²) >= 11 is 0. The molecule has 1 fully saturated rings. The Labute approximate surface area is 128 Å². The lowest BCUT2D eigenvalue weighted by atomic mass is 10.0. The van der Waals surface area contributed by atoms with Crippen LogP contribution in [0.4, 0.5) is 11.8 Å². The van der Waals surface area contributed by atoms with E-state index in [1.54, 1.807) is 0 Å². The number of rotatable bonds is 2. The van der Waals surface area contributed by atoms with Gasteiger partial charge < -0.3 is 20.1 Å². The molecule has 1 saturated heterocycles. The maximum Gasteiger partial charge on any atom is 0.231 e. The van der Waals surface area contributed by atoms with Crippen molar-refractivity contribution < 1.29 is 9.47 Å². The van der Waals surface area contributed by atoms with Crippen molar-refractivity contribution in [3.05, 3.63) is 35.5 Å². The van der Waals surface area contributed by atoms with Gasteiger partial charge in [0, 0.05) is 18.3 Å². The van der Waals surface area contributed by atoms with Gasteiger partial charge in [-0.3, -0.25) is 0 Å². The number of hydrogen-bond donors (Lipinski definition) is 1. The van der Waals surface area contributed by atoms with Crippen LogP contribution < -0.4 is 20.1 Å². The van der Waals surface area contributed by atoms with Crippen LogP contribution in [-0.2, 0) is 0 Å². The van der Waals surface area contributed by atoms with E-state index in [-0.39, 0.29) is 6.04 Å². The molecule has 0 aliphatic carbocycles. The second-order valence-corrected chi connectivity index (χ2v) is 5.69. The number of nitrogen functional groups attached to an aromatic ring is 1. The van der Waals surface area contributed by atoms with E-state index in [4.69, 9.17) is 15.2 Å². The molecule has 1 aromatic heterocycles. The Kier molecular flexibility index (Phi) is 3.03. The lowest BCUT2D eigenvalue weighted by Crippen LogP contribution is -2.24. The number of nitrogens with zero attached hydrogens (tertiary/aromatic N) is 3. The van der Waals surface area contributed by atoms with Crippen LogP contribution in [-0.4, -0.2) is 23.3 Å². The van der Waals surface area contributed by atoms with Gasteiger partial charge in [0.15, 0.2) is 11.5 Å². The zero-order chi connectivity index (χ0) is 15.1. The summed E-state index contributed by atoms with van der Waals surface area (Å²) in [6, 6.07) is 8.43. The number of hydrogen-bond acceptors (Lipinski definition) is 6. The molecule has 2 N–H and O–H groups in total. The molecule has 6 heteroatoms. The first-order chi connectivity index (χ1) is 10.7. The Balaban J connectivity index is 1.69. The summed E-state index contributed by atoms with van der Waals surface area (Å²) in [4.78, 5) is 10.8. The molecule has 1 aromatic carbocycles. The van der Waals surface area contributed by atoms with Crippen molar-refractivity contribution in [2.45, 2.75) is 25.8 Å². The Morgan fingerprint density at radius 1 is 1.18 bits per heavy atom. The van der Waals surface area contributed by atoms with E-state index in [0.717, 1.165) is 42.4 Å². The molecular formula is C16H18N4O2. The van der Waals surface area contributed by atoms with Gasteiger partial charge in [0.2, 0.25) is 12.7 Å². The fourth-order valence-electron chi connectivity index (χ4n) is 3.23. The second kappa shape index (κ2) is 5.05. The molecule has 2 aliphatic heterocycles. The summed E-state index contributed by atoms with van der Waals surface area (Å²) < 4.78 is 10.9. The van der Waals surface area contributed by atoms with Crippen LogP contribution >= 0.6 is 0 Å². The Morgan fingerprint density at radius 2 is 2.05 bits per heavy atom. The molecule has 2 aromatic rings. The quantitative estimate of drug-likeness (QED) is 0.918. The van der Waals surface area contributed by atoms with Gasteiger partial charge in [0.05, 0.1) is 6.04 Å². The largest absolute Gasteiger partial charge is 0.454 e. The van der Waals surface area contributed by atoms with Crippen molar-refractivity contribution in [2.75, 3.05) is 24.0 Å². The third kappa shape index (κ3) is 2.20. The van der Waals surface area contributed by atoms with Crippen LogP contribution in [0.15, 0.2) is 24.3 Å². The van der Waals surface area contributed by atoms with Gasteiger partial charge in [0.25, 0.3) is 0 Å². The van der Waals surface area contributed by atoms with E-state index in [9.17, 15) is 0 Å². The SMILES string of the molecule is Cc1cc(N2CCC[C@H]2c2ccc3c(c2)OCO3)nc(N)n1. The van der Waals surface area contributed by atoms with Crippen LogP contribution in [0.3, 0.4) is 0 Å². The molecule has 2 aliphatic rings.